The largest absolute Gasteiger partial charge is 0.484 e. The number of hydrogen-bond acceptors (Lipinski definition) is 2. The summed E-state index contributed by atoms with van der Waals surface area (Å²) in [7, 11) is 0. The third-order valence-electron chi connectivity index (χ3n) is 2.92. The van der Waals surface area contributed by atoms with Crippen molar-refractivity contribution < 1.29 is 9.13 Å². The molecule has 2 nitrogen and oxygen atoms in total. The fraction of sp³-hybridized carbons (Fsp3) is 0.250. The maximum absolute atomic E-state index is 13.2. The minimum Gasteiger partial charge on any atom is -0.484 e. The van der Waals surface area contributed by atoms with Gasteiger partial charge in [0, 0.05) is 6.54 Å². The zero-order valence-corrected chi connectivity index (χ0v) is 12.9. The Bertz CT molecular complexity index is 547. The van der Waals surface area contributed by atoms with Crippen LogP contribution in [0.2, 0.25) is 0 Å². The van der Waals surface area contributed by atoms with E-state index < -0.39 is 0 Å². The average molecular weight is 338 g/mol. The normalized spacial score (nSPS) is 12.2. The summed E-state index contributed by atoms with van der Waals surface area (Å²) >= 11 is 3.17. The SMILES string of the molecule is CCNCC(Oc1ccc(F)c(Br)c1)c1ccccc1. The molecule has 1 atom stereocenters. The van der Waals surface area contributed by atoms with Gasteiger partial charge in [0.1, 0.15) is 17.7 Å². The predicted octanol–water partition coefficient (Wildman–Crippen LogP) is 4.32. The lowest BCUT2D eigenvalue weighted by atomic mass is 10.1. The van der Waals surface area contributed by atoms with Crippen LogP contribution in [-0.4, -0.2) is 13.1 Å². The Hall–Kier alpha value is -1.39. The summed E-state index contributed by atoms with van der Waals surface area (Å²) in [6.07, 6.45) is -0.103. The van der Waals surface area contributed by atoms with Crippen LogP contribution < -0.4 is 10.1 Å². The van der Waals surface area contributed by atoms with Gasteiger partial charge in [0.05, 0.1) is 4.47 Å². The quantitative estimate of drug-likeness (QED) is 0.847. The molecule has 0 aromatic heterocycles. The lowest BCUT2D eigenvalue weighted by Crippen LogP contribution is -2.24. The number of ether oxygens (including phenoxy) is 1. The van der Waals surface area contributed by atoms with Crippen molar-refractivity contribution in [2.45, 2.75) is 13.0 Å². The monoisotopic (exact) mass is 337 g/mol. The molecule has 0 saturated carbocycles. The minimum absolute atomic E-state index is 0.103. The third-order valence-corrected chi connectivity index (χ3v) is 3.53. The van der Waals surface area contributed by atoms with Crippen LogP contribution >= 0.6 is 15.9 Å². The first-order chi connectivity index (χ1) is 9.70. The van der Waals surface area contributed by atoms with Gasteiger partial charge >= 0.3 is 0 Å². The van der Waals surface area contributed by atoms with Crippen molar-refractivity contribution in [1.29, 1.82) is 0 Å². The summed E-state index contributed by atoms with van der Waals surface area (Å²) < 4.78 is 19.6. The average Bonchev–Trinajstić information content (AvgIpc) is 2.48. The summed E-state index contributed by atoms with van der Waals surface area (Å²) in [6.45, 7) is 3.63. The highest BCUT2D eigenvalue weighted by Gasteiger charge is 2.13. The van der Waals surface area contributed by atoms with Crippen LogP contribution in [0.5, 0.6) is 5.75 Å². The maximum atomic E-state index is 13.2. The van der Waals surface area contributed by atoms with E-state index >= 15 is 0 Å². The summed E-state index contributed by atoms with van der Waals surface area (Å²) in [4.78, 5) is 0. The second-order valence-corrected chi connectivity index (χ2v) is 5.26. The summed E-state index contributed by atoms with van der Waals surface area (Å²) in [5.41, 5.74) is 1.09. The number of halogens is 2. The van der Waals surface area contributed by atoms with Crippen molar-refractivity contribution in [2.75, 3.05) is 13.1 Å². The van der Waals surface area contributed by atoms with Gasteiger partial charge in [-0.25, -0.2) is 4.39 Å². The van der Waals surface area contributed by atoms with E-state index in [1.807, 2.05) is 30.3 Å². The first kappa shape index (κ1) is 15.0. The van der Waals surface area contributed by atoms with E-state index in [0.717, 1.165) is 12.1 Å². The van der Waals surface area contributed by atoms with Gasteiger partial charge in [-0.15, -0.1) is 0 Å². The molecule has 106 valence electrons. The van der Waals surface area contributed by atoms with Crippen LogP contribution in [0.3, 0.4) is 0 Å². The molecule has 0 amide bonds. The maximum Gasteiger partial charge on any atom is 0.137 e. The summed E-state index contributed by atoms with van der Waals surface area (Å²) in [5.74, 6) is 0.352. The van der Waals surface area contributed by atoms with Gasteiger partial charge < -0.3 is 10.1 Å². The van der Waals surface area contributed by atoms with Gasteiger partial charge in [-0.2, -0.15) is 0 Å². The Morgan fingerprint density at radius 2 is 1.95 bits per heavy atom. The van der Waals surface area contributed by atoms with Gasteiger partial charge in [-0.1, -0.05) is 37.3 Å². The lowest BCUT2D eigenvalue weighted by molar-refractivity contribution is 0.202. The van der Waals surface area contributed by atoms with E-state index in [1.54, 1.807) is 12.1 Å². The first-order valence-corrected chi connectivity index (χ1v) is 7.37. The van der Waals surface area contributed by atoms with Crippen molar-refractivity contribution in [2.24, 2.45) is 0 Å². The fourth-order valence-electron chi connectivity index (χ4n) is 1.89. The van der Waals surface area contributed by atoms with Crippen LogP contribution in [0, 0.1) is 5.82 Å². The van der Waals surface area contributed by atoms with Gasteiger partial charge in [-0.3, -0.25) is 0 Å². The van der Waals surface area contributed by atoms with Crippen molar-refractivity contribution >= 4 is 15.9 Å². The minimum atomic E-state index is -0.291. The Kier molecular flexibility index (Phi) is 5.56. The van der Waals surface area contributed by atoms with Crippen molar-refractivity contribution in [3.05, 3.63) is 64.4 Å². The van der Waals surface area contributed by atoms with Crippen LogP contribution in [0.15, 0.2) is 53.0 Å². The second-order valence-electron chi connectivity index (χ2n) is 4.40. The zero-order chi connectivity index (χ0) is 14.4. The van der Waals surface area contributed by atoms with E-state index in [1.165, 1.54) is 6.07 Å². The highest BCUT2D eigenvalue weighted by atomic mass is 79.9. The van der Waals surface area contributed by atoms with Gasteiger partial charge in [0.2, 0.25) is 0 Å². The Balaban J connectivity index is 2.17. The molecule has 0 aliphatic heterocycles. The molecule has 2 aromatic carbocycles. The van der Waals surface area contributed by atoms with Crippen molar-refractivity contribution in [3.8, 4) is 5.75 Å². The molecule has 2 aromatic rings. The van der Waals surface area contributed by atoms with Gasteiger partial charge in [0.25, 0.3) is 0 Å². The van der Waals surface area contributed by atoms with E-state index in [-0.39, 0.29) is 11.9 Å². The first-order valence-electron chi connectivity index (χ1n) is 6.58. The predicted molar refractivity (Wildman–Crippen MR) is 82.5 cm³/mol. The molecule has 0 bridgehead atoms. The topological polar surface area (TPSA) is 21.3 Å². The second kappa shape index (κ2) is 7.41. The smallest absolute Gasteiger partial charge is 0.137 e. The van der Waals surface area contributed by atoms with Crippen LogP contribution in [0.25, 0.3) is 0 Å². The number of likely N-dealkylation sites (N-methyl/N-ethyl adjacent to an activating group) is 1. The van der Waals surface area contributed by atoms with E-state index in [4.69, 9.17) is 4.74 Å². The molecule has 0 radical (unpaired) electrons. The Labute approximate surface area is 127 Å². The zero-order valence-electron chi connectivity index (χ0n) is 11.3. The van der Waals surface area contributed by atoms with Crippen LogP contribution in [0.1, 0.15) is 18.6 Å². The number of nitrogens with one attached hydrogen (secondary N) is 1. The summed E-state index contributed by atoms with van der Waals surface area (Å²) in [6, 6.07) is 14.7. The highest BCUT2D eigenvalue weighted by Crippen LogP contribution is 2.26. The third kappa shape index (κ3) is 4.05. The standard InChI is InChI=1S/C16H17BrFNO/c1-2-19-11-16(12-6-4-3-5-7-12)20-13-8-9-15(18)14(17)10-13/h3-10,16,19H,2,11H2,1H3. The fourth-order valence-corrected chi connectivity index (χ4v) is 2.24. The molecule has 0 aliphatic carbocycles. The van der Waals surface area contributed by atoms with Gasteiger partial charge in [-0.05, 0) is 46.2 Å². The molecule has 20 heavy (non-hydrogen) atoms. The van der Waals surface area contributed by atoms with Crippen LogP contribution in [-0.2, 0) is 0 Å². The molecule has 0 spiro atoms. The molecule has 0 aliphatic rings. The Morgan fingerprint density at radius 1 is 1.20 bits per heavy atom. The number of benzene rings is 2. The van der Waals surface area contributed by atoms with E-state index in [2.05, 4.69) is 28.2 Å². The van der Waals surface area contributed by atoms with Crippen molar-refractivity contribution in [1.82, 2.24) is 5.32 Å². The van der Waals surface area contributed by atoms with Gasteiger partial charge in [0.15, 0.2) is 0 Å². The molecule has 0 fully saturated rings. The lowest BCUT2D eigenvalue weighted by Gasteiger charge is -2.20. The number of hydrogen-bond donors (Lipinski definition) is 1. The molecular weight excluding hydrogens is 321 g/mol. The molecule has 0 saturated heterocycles. The van der Waals surface area contributed by atoms with Crippen LogP contribution in [0.4, 0.5) is 4.39 Å². The van der Waals surface area contributed by atoms with E-state index in [9.17, 15) is 4.39 Å². The van der Waals surface area contributed by atoms with E-state index in [0.29, 0.717) is 16.8 Å². The molecule has 1 N–H and O–H groups in total. The van der Waals surface area contributed by atoms with Crippen molar-refractivity contribution in [3.63, 3.8) is 0 Å². The molecular formula is C16H17BrFNO. The highest BCUT2D eigenvalue weighted by molar-refractivity contribution is 9.10. The summed E-state index contributed by atoms with van der Waals surface area (Å²) in [5, 5.41) is 3.28. The number of rotatable bonds is 6. The molecule has 4 heteroatoms. The Morgan fingerprint density at radius 3 is 2.60 bits per heavy atom. The molecule has 2 rings (SSSR count). The molecule has 0 heterocycles. The molecule has 1 unspecified atom stereocenters.